The van der Waals surface area contributed by atoms with Crippen LogP contribution in [-0.4, -0.2) is 91.9 Å². The minimum Gasteiger partial charge on any atom is -0.490 e. The normalized spacial score (nSPS) is 14.3. The van der Waals surface area contributed by atoms with Gasteiger partial charge in [0.05, 0.1) is 11.9 Å². The van der Waals surface area contributed by atoms with Crippen molar-refractivity contribution in [1.82, 2.24) is 24.9 Å². The molecule has 1 aromatic carbocycles. The van der Waals surface area contributed by atoms with Crippen molar-refractivity contribution in [3.63, 3.8) is 0 Å². The van der Waals surface area contributed by atoms with Crippen molar-refractivity contribution in [1.29, 1.82) is 0 Å². The van der Waals surface area contributed by atoms with Gasteiger partial charge >= 0.3 is 6.03 Å². The van der Waals surface area contributed by atoms with Gasteiger partial charge in [0.1, 0.15) is 12.4 Å². The summed E-state index contributed by atoms with van der Waals surface area (Å²) in [4.78, 5) is 19.4. The van der Waals surface area contributed by atoms with Crippen molar-refractivity contribution >= 4 is 11.7 Å². The summed E-state index contributed by atoms with van der Waals surface area (Å²) in [6.07, 6.45) is 8.60. The van der Waals surface area contributed by atoms with Gasteiger partial charge in [-0.25, -0.2) is 4.79 Å². The number of amides is 2. The van der Waals surface area contributed by atoms with Crippen molar-refractivity contribution in [3.8, 4) is 16.9 Å². The van der Waals surface area contributed by atoms with Crippen LogP contribution in [0.1, 0.15) is 25.7 Å². The monoisotopic (exact) mass is 442 g/mol. The first kappa shape index (κ1) is 24.1. The average Bonchev–Trinajstić information content (AvgIpc) is 3.46. The number of urea groups is 1. The third-order valence-electron chi connectivity index (χ3n) is 5.91. The summed E-state index contributed by atoms with van der Waals surface area (Å²) in [7, 11) is 8.10. The number of hydrogen-bond donors (Lipinski definition) is 2. The molecule has 0 saturated heterocycles. The molecule has 1 aliphatic rings. The van der Waals surface area contributed by atoms with Crippen LogP contribution >= 0.6 is 0 Å². The largest absolute Gasteiger partial charge is 0.490 e. The molecule has 0 spiro atoms. The van der Waals surface area contributed by atoms with E-state index in [1.54, 1.807) is 6.20 Å². The van der Waals surface area contributed by atoms with Crippen molar-refractivity contribution in [3.05, 3.63) is 30.6 Å². The maximum absolute atomic E-state index is 13.3. The van der Waals surface area contributed by atoms with Crippen LogP contribution in [0.25, 0.3) is 11.1 Å². The molecule has 2 aromatic rings. The Kier molecular flexibility index (Phi) is 8.93. The van der Waals surface area contributed by atoms with Gasteiger partial charge in [0.2, 0.25) is 0 Å². The summed E-state index contributed by atoms with van der Waals surface area (Å²) >= 11 is 0. The number of aromatic nitrogens is 2. The van der Waals surface area contributed by atoms with Gasteiger partial charge in [-0.2, -0.15) is 5.10 Å². The number of nitrogens with one attached hydrogen (secondary N) is 2. The van der Waals surface area contributed by atoms with Gasteiger partial charge in [0.15, 0.2) is 0 Å². The molecule has 1 aliphatic carbocycles. The number of rotatable bonds is 11. The van der Waals surface area contributed by atoms with Crippen LogP contribution in [0.3, 0.4) is 0 Å². The number of benzene rings is 1. The maximum atomic E-state index is 13.3. The van der Waals surface area contributed by atoms with Gasteiger partial charge in [0.25, 0.3) is 0 Å². The Labute approximate surface area is 191 Å². The number of aromatic amines is 1. The molecule has 0 atom stereocenters. The molecule has 32 heavy (non-hydrogen) atoms. The predicted octanol–water partition coefficient (Wildman–Crippen LogP) is 3.60. The smallest absolute Gasteiger partial charge is 0.322 e. The van der Waals surface area contributed by atoms with Crippen LogP contribution in [0.4, 0.5) is 10.5 Å². The Balaban J connectivity index is 1.75. The number of carbonyl (C=O) groups is 1. The Morgan fingerprint density at radius 1 is 1.09 bits per heavy atom. The second kappa shape index (κ2) is 11.9. The van der Waals surface area contributed by atoms with Gasteiger partial charge in [-0.05, 0) is 64.6 Å². The van der Waals surface area contributed by atoms with E-state index in [1.165, 1.54) is 25.7 Å². The molecule has 8 heteroatoms. The highest BCUT2D eigenvalue weighted by Gasteiger charge is 2.23. The van der Waals surface area contributed by atoms with Gasteiger partial charge in [-0.15, -0.1) is 0 Å². The second-order valence-corrected chi connectivity index (χ2v) is 9.18. The highest BCUT2D eigenvalue weighted by Crippen LogP contribution is 2.31. The van der Waals surface area contributed by atoms with E-state index >= 15 is 0 Å². The van der Waals surface area contributed by atoms with E-state index in [4.69, 9.17) is 4.74 Å². The molecule has 0 aliphatic heterocycles. The zero-order valence-electron chi connectivity index (χ0n) is 19.9. The molecule has 176 valence electrons. The molecule has 8 nitrogen and oxygen atoms in total. The molecule has 1 fully saturated rings. The first-order valence-electron chi connectivity index (χ1n) is 11.5. The number of ether oxygens (including phenoxy) is 1. The van der Waals surface area contributed by atoms with E-state index in [1.807, 2.05) is 57.5 Å². The number of carbonyl (C=O) groups excluding carboxylic acids is 1. The number of anilines is 1. The summed E-state index contributed by atoms with van der Waals surface area (Å²) in [5.74, 6) is 1.27. The minimum atomic E-state index is -0.0627. The van der Waals surface area contributed by atoms with Gasteiger partial charge in [0, 0.05) is 37.9 Å². The third kappa shape index (κ3) is 7.24. The molecule has 2 amide bonds. The molecule has 1 saturated carbocycles. The summed E-state index contributed by atoms with van der Waals surface area (Å²) in [5, 5.41) is 10.0. The number of nitrogens with zero attached hydrogens (tertiary/aromatic N) is 4. The molecule has 2 N–H and O–H groups in total. The van der Waals surface area contributed by atoms with Crippen molar-refractivity contribution in [2.45, 2.75) is 25.7 Å². The van der Waals surface area contributed by atoms with E-state index in [0.717, 1.165) is 30.8 Å². The van der Waals surface area contributed by atoms with Gasteiger partial charge in [-0.3, -0.25) is 5.10 Å². The van der Waals surface area contributed by atoms with E-state index in [9.17, 15) is 4.79 Å². The first-order valence-corrected chi connectivity index (χ1v) is 11.5. The van der Waals surface area contributed by atoms with Crippen molar-refractivity contribution < 1.29 is 9.53 Å². The zero-order chi connectivity index (χ0) is 22.9. The highest BCUT2D eigenvalue weighted by molar-refractivity contribution is 5.91. The molecule has 0 bridgehead atoms. The Morgan fingerprint density at radius 3 is 2.50 bits per heavy atom. The quantitative estimate of drug-likeness (QED) is 0.556. The molecular formula is C24H38N6O2. The number of hydrogen-bond acceptors (Lipinski definition) is 5. The van der Waals surface area contributed by atoms with Crippen LogP contribution in [-0.2, 0) is 0 Å². The minimum absolute atomic E-state index is 0.0627. The van der Waals surface area contributed by atoms with Gasteiger partial charge < -0.3 is 24.8 Å². The zero-order valence-corrected chi connectivity index (χ0v) is 19.9. The van der Waals surface area contributed by atoms with Crippen LogP contribution in [0, 0.1) is 5.92 Å². The van der Waals surface area contributed by atoms with Crippen molar-refractivity contribution in [2.75, 3.05) is 66.3 Å². The summed E-state index contributed by atoms with van der Waals surface area (Å²) in [5.41, 5.74) is 2.67. The summed E-state index contributed by atoms with van der Waals surface area (Å²) in [6.45, 7) is 3.69. The standard InChI is InChI=1S/C24H38N6O2/c1-28(2)11-12-30(18-19-7-5-6-8-19)24(31)27-22-10-9-20(21-16-25-26-17-21)15-23(22)32-14-13-29(3)4/h9-10,15-17,19H,5-8,11-14,18H2,1-4H3,(H,25,26)(H,27,31). The number of likely N-dealkylation sites (N-methyl/N-ethyl adjacent to an activating group) is 2. The van der Waals surface area contributed by atoms with E-state index in [2.05, 4.69) is 25.3 Å². The fourth-order valence-electron chi connectivity index (χ4n) is 3.97. The molecule has 1 heterocycles. The lowest BCUT2D eigenvalue weighted by atomic mass is 10.1. The van der Waals surface area contributed by atoms with E-state index in [0.29, 0.717) is 30.5 Å². The van der Waals surface area contributed by atoms with Crippen LogP contribution < -0.4 is 10.1 Å². The topological polar surface area (TPSA) is 76.7 Å². The Hall–Kier alpha value is -2.58. The molecule has 1 aromatic heterocycles. The van der Waals surface area contributed by atoms with Gasteiger partial charge in [-0.1, -0.05) is 18.9 Å². The maximum Gasteiger partial charge on any atom is 0.322 e. The fourth-order valence-corrected chi connectivity index (χ4v) is 3.97. The van der Waals surface area contributed by atoms with Crippen LogP contribution in [0.2, 0.25) is 0 Å². The molecule has 0 unspecified atom stereocenters. The lowest BCUT2D eigenvalue weighted by Gasteiger charge is -2.28. The molecule has 0 radical (unpaired) electrons. The Bertz CT molecular complexity index is 831. The second-order valence-electron chi connectivity index (χ2n) is 9.18. The first-order chi connectivity index (χ1) is 15.4. The SMILES string of the molecule is CN(C)CCOc1cc(-c2cn[nH]c2)ccc1NC(=O)N(CCN(C)C)CC1CCCC1. The highest BCUT2D eigenvalue weighted by atomic mass is 16.5. The number of H-pyrrole nitrogens is 1. The average molecular weight is 443 g/mol. The van der Waals surface area contributed by atoms with E-state index in [-0.39, 0.29) is 6.03 Å². The fraction of sp³-hybridized carbons (Fsp3) is 0.583. The third-order valence-corrected chi connectivity index (χ3v) is 5.91. The van der Waals surface area contributed by atoms with Crippen LogP contribution in [0.5, 0.6) is 5.75 Å². The van der Waals surface area contributed by atoms with E-state index < -0.39 is 0 Å². The molecular weight excluding hydrogens is 404 g/mol. The van der Waals surface area contributed by atoms with Crippen LogP contribution in [0.15, 0.2) is 30.6 Å². The summed E-state index contributed by atoms with van der Waals surface area (Å²) < 4.78 is 6.09. The lowest BCUT2D eigenvalue weighted by molar-refractivity contribution is 0.193. The van der Waals surface area contributed by atoms with Crippen molar-refractivity contribution in [2.24, 2.45) is 5.92 Å². The molecule has 3 rings (SSSR count). The lowest BCUT2D eigenvalue weighted by Crippen LogP contribution is -2.42. The Morgan fingerprint density at radius 2 is 1.84 bits per heavy atom. The summed E-state index contributed by atoms with van der Waals surface area (Å²) in [6, 6.07) is 5.81. The predicted molar refractivity (Wildman–Crippen MR) is 129 cm³/mol.